The Morgan fingerprint density at radius 1 is 0.500 bits per heavy atom. The molecule has 0 unspecified atom stereocenters. The summed E-state index contributed by atoms with van der Waals surface area (Å²) in [6.45, 7) is 0. The second-order valence-electron chi connectivity index (χ2n) is 8.26. The van der Waals surface area contributed by atoms with Crippen molar-refractivity contribution in [3.63, 3.8) is 0 Å². The lowest BCUT2D eigenvalue weighted by atomic mass is 10.0. The molecular formula is C26H10I4N4S4. The molecule has 0 fully saturated rings. The highest BCUT2D eigenvalue weighted by molar-refractivity contribution is 14.1. The van der Waals surface area contributed by atoms with Crippen LogP contribution in [-0.4, -0.2) is 8.75 Å². The maximum absolute atomic E-state index is 4.78. The second-order valence-corrected chi connectivity index (χ2v) is 16.1. The van der Waals surface area contributed by atoms with E-state index in [4.69, 9.17) is 17.5 Å². The van der Waals surface area contributed by atoms with Gasteiger partial charge in [-0.2, -0.15) is 17.5 Å². The van der Waals surface area contributed by atoms with Gasteiger partial charge in [-0.15, -0.1) is 22.7 Å². The molecule has 6 aromatic rings. The number of aromatic nitrogens is 2. The third kappa shape index (κ3) is 4.67. The first kappa shape index (κ1) is 26.5. The smallest absolute Gasteiger partial charge is 0.116 e. The van der Waals surface area contributed by atoms with Crippen molar-refractivity contribution in [1.29, 1.82) is 0 Å². The molecule has 0 radical (unpaired) electrons. The molecule has 4 nitrogen and oxygen atoms in total. The summed E-state index contributed by atoms with van der Waals surface area (Å²) in [5.74, 6) is 0. The minimum Gasteiger partial charge on any atom is -0.172 e. The van der Waals surface area contributed by atoms with Gasteiger partial charge in [0.05, 0.1) is 23.1 Å². The molecule has 38 heavy (non-hydrogen) atoms. The van der Waals surface area contributed by atoms with Crippen molar-refractivity contribution in [3.8, 4) is 41.8 Å². The Hall–Kier alpha value is -0.380. The van der Waals surface area contributed by atoms with E-state index in [-0.39, 0.29) is 0 Å². The van der Waals surface area contributed by atoms with E-state index in [0.717, 1.165) is 43.3 Å². The van der Waals surface area contributed by atoms with E-state index in [1.54, 1.807) is 22.7 Å². The van der Waals surface area contributed by atoms with Crippen LogP contribution in [0.2, 0.25) is 0 Å². The predicted molar refractivity (Wildman–Crippen MR) is 197 cm³/mol. The Kier molecular flexibility index (Phi) is 7.53. The van der Waals surface area contributed by atoms with Crippen LogP contribution in [0.5, 0.6) is 0 Å². The lowest BCUT2D eigenvalue weighted by Gasteiger charge is -2.09. The van der Waals surface area contributed by atoms with Gasteiger partial charge < -0.3 is 0 Å². The topological polar surface area (TPSA) is 50.5 Å². The summed E-state index contributed by atoms with van der Waals surface area (Å²) in [4.78, 5) is 4.72. The van der Waals surface area contributed by atoms with Crippen LogP contribution in [0.25, 0.3) is 52.8 Å². The first-order valence-electron chi connectivity index (χ1n) is 11.0. The summed E-state index contributed by atoms with van der Waals surface area (Å²) >= 11 is 15.6. The average Bonchev–Trinajstić information content (AvgIpc) is 3.72. The van der Waals surface area contributed by atoms with E-state index in [0.29, 0.717) is 0 Å². The molecule has 12 heteroatoms. The van der Waals surface area contributed by atoms with Crippen LogP contribution < -0.4 is 0 Å². The molecule has 7 rings (SSSR count). The van der Waals surface area contributed by atoms with Gasteiger partial charge in [-0.05, 0) is 150 Å². The van der Waals surface area contributed by atoms with Gasteiger partial charge in [0.2, 0.25) is 0 Å². The fraction of sp³-hybridized carbons (Fsp3) is 0. The molecule has 3 aromatic carbocycles. The Morgan fingerprint density at radius 3 is 1.39 bits per heavy atom. The molecule has 0 amide bonds. The van der Waals surface area contributed by atoms with Crippen LogP contribution in [0.3, 0.4) is 0 Å². The van der Waals surface area contributed by atoms with Crippen molar-refractivity contribution in [2.24, 2.45) is 8.73 Å². The van der Waals surface area contributed by atoms with Crippen LogP contribution in [0.15, 0.2) is 69.4 Å². The van der Waals surface area contributed by atoms with Crippen LogP contribution in [0.4, 0.5) is 11.4 Å². The quantitative estimate of drug-likeness (QED) is 0.165. The van der Waals surface area contributed by atoms with Gasteiger partial charge in [0.15, 0.2) is 0 Å². The summed E-state index contributed by atoms with van der Waals surface area (Å²) in [5.41, 5.74) is 8.09. The highest BCUT2D eigenvalue weighted by atomic mass is 127. The fourth-order valence-corrected chi connectivity index (χ4v) is 9.20. The third-order valence-corrected chi connectivity index (χ3v) is 15.1. The number of halogens is 4. The van der Waals surface area contributed by atoms with Gasteiger partial charge in [0.25, 0.3) is 0 Å². The van der Waals surface area contributed by atoms with Gasteiger partial charge in [-0.25, -0.2) is 0 Å². The first-order chi connectivity index (χ1) is 18.5. The maximum atomic E-state index is 4.78. The summed E-state index contributed by atoms with van der Waals surface area (Å²) in [7, 11) is 0. The highest BCUT2D eigenvalue weighted by Crippen LogP contribution is 2.54. The van der Waals surface area contributed by atoms with Crippen molar-refractivity contribution in [2.45, 2.75) is 0 Å². The summed E-state index contributed by atoms with van der Waals surface area (Å²) in [6.07, 6.45) is 0. The number of rotatable bonds is 4. The first-order valence-corrected chi connectivity index (χ1v) is 18.4. The Morgan fingerprint density at radius 2 is 0.947 bits per heavy atom. The number of fused-ring (bicyclic) bond motifs is 2. The molecule has 0 saturated carbocycles. The third-order valence-electron chi connectivity index (χ3n) is 6.04. The SMILES string of the molecule is Ic1ccc(-c2ccc(-c3c4c(c(-c5ccc(-c6ccc(I)c(I)c6)s5)c5nsnc35)N=S=N4)s2)cc1I. The lowest BCUT2D eigenvalue weighted by molar-refractivity contribution is 1.54. The molecule has 0 bridgehead atoms. The van der Waals surface area contributed by atoms with Crippen molar-refractivity contribution >= 4 is 159 Å². The van der Waals surface area contributed by atoms with Crippen LogP contribution in [0.1, 0.15) is 0 Å². The standard InChI is InChI=1S/C26H10I4N4S4/c27-13-3-1-11(9-15(13)29)17-5-7-19(35-17)21-23-25(33-37-31-23)22(26-24(21)32-38-34-26)20-8-6-18(36-20)12-2-4-14(28)16(30)10-12/h1-10H. The second kappa shape index (κ2) is 10.8. The molecule has 1 aliphatic heterocycles. The monoisotopic (exact) mass is 1010 g/mol. The van der Waals surface area contributed by atoms with Gasteiger partial charge in [0, 0.05) is 44.9 Å². The summed E-state index contributed by atoms with van der Waals surface area (Å²) in [5, 5.41) is 0. The van der Waals surface area contributed by atoms with Gasteiger partial charge in [-0.3, -0.25) is 0 Å². The molecule has 3 aromatic heterocycles. The summed E-state index contributed by atoms with van der Waals surface area (Å²) < 4.78 is 24.2. The zero-order valence-corrected chi connectivity index (χ0v) is 30.6. The lowest BCUT2D eigenvalue weighted by Crippen LogP contribution is -1.85. The van der Waals surface area contributed by atoms with Crippen LogP contribution in [0, 0.1) is 14.3 Å². The Balaban J connectivity index is 1.37. The number of hydrogen-bond acceptors (Lipinski definition) is 7. The molecule has 0 atom stereocenters. The Bertz CT molecular complexity index is 1850. The largest absolute Gasteiger partial charge is 0.172 e. The summed E-state index contributed by atoms with van der Waals surface area (Å²) in [6, 6.07) is 21.9. The fourth-order valence-electron chi connectivity index (χ4n) is 4.28. The zero-order valence-electron chi connectivity index (χ0n) is 18.7. The molecular weight excluding hydrogens is 1000 g/mol. The molecule has 1 aliphatic rings. The molecule has 0 spiro atoms. The number of thiophene rings is 2. The van der Waals surface area contributed by atoms with Crippen molar-refractivity contribution in [3.05, 3.63) is 74.9 Å². The number of hydrogen-bond donors (Lipinski definition) is 0. The normalized spacial score (nSPS) is 12.3. The van der Waals surface area contributed by atoms with E-state index in [9.17, 15) is 0 Å². The number of nitrogens with zero attached hydrogens (tertiary/aromatic N) is 4. The minimum atomic E-state index is 0.898. The molecule has 4 heterocycles. The van der Waals surface area contributed by atoms with E-state index in [1.165, 1.54) is 58.2 Å². The average molecular weight is 1010 g/mol. The molecule has 186 valence electrons. The molecule has 0 aliphatic carbocycles. The van der Waals surface area contributed by atoms with E-state index in [1.807, 2.05) is 0 Å². The van der Waals surface area contributed by atoms with Gasteiger partial charge in [0.1, 0.15) is 22.4 Å². The van der Waals surface area contributed by atoms with E-state index < -0.39 is 0 Å². The van der Waals surface area contributed by atoms with Crippen molar-refractivity contribution in [2.75, 3.05) is 0 Å². The zero-order chi connectivity index (χ0) is 26.0. The molecule has 0 N–H and O–H groups in total. The Labute approximate surface area is 288 Å². The minimum absolute atomic E-state index is 0.898. The van der Waals surface area contributed by atoms with E-state index >= 15 is 0 Å². The number of benzene rings is 3. The van der Waals surface area contributed by atoms with Crippen LogP contribution >= 0.6 is 125 Å². The predicted octanol–water partition coefficient (Wildman–Crippen LogP) is 11.6. The maximum Gasteiger partial charge on any atom is 0.116 e. The van der Waals surface area contributed by atoms with E-state index in [2.05, 4.69) is 151 Å². The highest BCUT2D eigenvalue weighted by Gasteiger charge is 2.27. The molecule has 0 saturated heterocycles. The van der Waals surface area contributed by atoms with Crippen LogP contribution in [-0.2, 0) is 11.4 Å². The van der Waals surface area contributed by atoms with Crippen molar-refractivity contribution < 1.29 is 0 Å². The van der Waals surface area contributed by atoms with Gasteiger partial charge >= 0.3 is 0 Å². The van der Waals surface area contributed by atoms with Gasteiger partial charge in [-0.1, -0.05) is 12.1 Å². The van der Waals surface area contributed by atoms with Crippen molar-refractivity contribution in [1.82, 2.24) is 8.75 Å².